The van der Waals surface area contributed by atoms with Gasteiger partial charge in [0.2, 0.25) is 0 Å². The molecule has 1 aliphatic rings. The lowest BCUT2D eigenvalue weighted by atomic mass is 10.1. The zero-order valence-electron chi connectivity index (χ0n) is 24.6. The van der Waals surface area contributed by atoms with Crippen LogP contribution in [0.25, 0.3) is 6.08 Å². The summed E-state index contributed by atoms with van der Waals surface area (Å²) in [6, 6.07) is 22.3. The Morgan fingerprint density at radius 3 is 2.24 bits per heavy atom. The average Bonchev–Trinajstić information content (AvgIpc) is 3.03. The first kappa shape index (κ1) is 31.4. The summed E-state index contributed by atoms with van der Waals surface area (Å²) >= 11 is 12.7. The number of nitrogens with one attached hydrogen (secondary N) is 1. The van der Waals surface area contributed by atoms with Crippen molar-refractivity contribution in [2.75, 3.05) is 19.1 Å². The molecule has 0 aromatic heterocycles. The highest BCUT2D eigenvalue weighted by Crippen LogP contribution is 2.38. The van der Waals surface area contributed by atoms with Crippen LogP contribution in [0.15, 0.2) is 84.4 Å². The quantitative estimate of drug-likeness (QED) is 0.144. The van der Waals surface area contributed by atoms with Crippen molar-refractivity contribution in [1.29, 1.82) is 0 Å². The molecular weight excluding hydrogens is 619 g/mol. The van der Waals surface area contributed by atoms with Crippen LogP contribution in [0.2, 0.25) is 10.0 Å². The number of methoxy groups -OCH3 is 2. The SMILES string of the molecule is COc1cc(COc2c(Cl)cc(/C=C3\C(=O)NC(=O)N(c4cc(Cl)ccc4C)C3=O)cc2OC)ccc1OCc1ccccc1. The molecule has 1 N–H and O–H groups in total. The number of hydrogen-bond acceptors (Lipinski definition) is 7. The molecular formula is C34H28Cl2N2O7. The van der Waals surface area contributed by atoms with Gasteiger partial charge in [0.05, 0.1) is 24.9 Å². The second-order valence-electron chi connectivity index (χ2n) is 9.97. The number of halogens is 2. The van der Waals surface area contributed by atoms with Gasteiger partial charge in [-0.15, -0.1) is 0 Å². The summed E-state index contributed by atoms with van der Waals surface area (Å²) in [5.41, 5.74) is 2.80. The van der Waals surface area contributed by atoms with E-state index in [-0.39, 0.29) is 34.4 Å². The molecule has 1 aliphatic heterocycles. The lowest BCUT2D eigenvalue weighted by Gasteiger charge is -2.27. The third-order valence-corrected chi connectivity index (χ3v) is 7.44. The Balaban J connectivity index is 1.35. The molecule has 0 spiro atoms. The summed E-state index contributed by atoms with van der Waals surface area (Å²) in [5.74, 6) is 0.00576. The van der Waals surface area contributed by atoms with Gasteiger partial charge in [-0.1, -0.05) is 65.7 Å². The third-order valence-electron chi connectivity index (χ3n) is 6.92. The summed E-state index contributed by atoms with van der Waals surface area (Å²) in [7, 11) is 3.00. The predicted octanol–water partition coefficient (Wildman–Crippen LogP) is 7.14. The second-order valence-corrected chi connectivity index (χ2v) is 10.8. The normalized spacial score (nSPS) is 13.9. The van der Waals surface area contributed by atoms with Crippen molar-refractivity contribution in [3.63, 3.8) is 0 Å². The Morgan fingerprint density at radius 1 is 0.778 bits per heavy atom. The largest absolute Gasteiger partial charge is 0.493 e. The molecule has 4 aromatic rings. The molecule has 5 rings (SSSR count). The molecule has 0 bridgehead atoms. The molecule has 4 aromatic carbocycles. The number of amides is 4. The second kappa shape index (κ2) is 13.8. The monoisotopic (exact) mass is 646 g/mol. The van der Waals surface area contributed by atoms with Gasteiger partial charge in [0.25, 0.3) is 11.8 Å². The summed E-state index contributed by atoms with van der Waals surface area (Å²) < 4.78 is 23.0. The lowest BCUT2D eigenvalue weighted by Crippen LogP contribution is -2.54. The van der Waals surface area contributed by atoms with Crippen LogP contribution in [0.1, 0.15) is 22.3 Å². The van der Waals surface area contributed by atoms with Crippen molar-refractivity contribution in [2.45, 2.75) is 20.1 Å². The smallest absolute Gasteiger partial charge is 0.335 e. The van der Waals surface area contributed by atoms with E-state index in [1.54, 1.807) is 38.3 Å². The number of rotatable bonds is 10. The number of anilines is 1. The highest BCUT2D eigenvalue weighted by Gasteiger charge is 2.37. The number of nitrogens with zero attached hydrogens (tertiary/aromatic N) is 1. The number of hydrogen-bond donors (Lipinski definition) is 1. The summed E-state index contributed by atoms with van der Waals surface area (Å²) in [4.78, 5) is 39.6. The number of carbonyl (C=O) groups is 3. The van der Waals surface area contributed by atoms with Gasteiger partial charge in [0.1, 0.15) is 18.8 Å². The van der Waals surface area contributed by atoms with E-state index in [0.717, 1.165) is 16.0 Å². The van der Waals surface area contributed by atoms with Gasteiger partial charge < -0.3 is 18.9 Å². The Kier molecular flexibility index (Phi) is 9.61. The fourth-order valence-electron chi connectivity index (χ4n) is 4.64. The molecule has 1 heterocycles. The molecule has 45 heavy (non-hydrogen) atoms. The average molecular weight is 648 g/mol. The molecule has 0 saturated carbocycles. The van der Waals surface area contributed by atoms with Crippen LogP contribution in [0, 0.1) is 6.92 Å². The summed E-state index contributed by atoms with van der Waals surface area (Å²) in [6.07, 6.45) is 1.33. The minimum atomic E-state index is -0.876. The molecule has 0 atom stereocenters. The van der Waals surface area contributed by atoms with Crippen molar-refractivity contribution in [1.82, 2.24) is 5.32 Å². The summed E-state index contributed by atoms with van der Waals surface area (Å²) in [5, 5.41) is 2.71. The van der Waals surface area contributed by atoms with Gasteiger partial charge in [0.15, 0.2) is 23.0 Å². The van der Waals surface area contributed by atoms with Crippen LogP contribution in [0.3, 0.4) is 0 Å². The van der Waals surface area contributed by atoms with Crippen molar-refractivity contribution in [3.8, 4) is 23.0 Å². The molecule has 0 aliphatic carbocycles. The van der Waals surface area contributed by atoms with Crippen molar-refractivity contribution in [2.24, 2.45) is 0 Å². The molecule has 4 amide bonds. The number of carbonyl (C=O) groups excluding carboxylic acids is 3. The molecule has 9 nitrogen and oxygen atoms in total. The van der Waals surface area contributed by atoms with E-state index in [2.05, 4.69) is 5.32 Å². The van der Waals surface area contributed by atoms with E-state index in [4.69, 9.17) is 42.1 Å². The van der Waals surface area contributed by atoms with Crippen LogP contribution in [0.5, 0.6) is 23.0 Å². The topological polar surface area (TPSA) is 103 Å². The number of barbiturate groups is 1. The van der Waals surface area contributed by atoms with E-state index in [9.17, 15) is 14.4 Å². The van der Waals surface area contributed by atoms with Gasteiger partial charge in [-0.2, -0.15) is 0 Å². The zero-order valence-corrected chi connectivity index (χ0v) is 26.1. The van der Waals surface area contributed by atoms with E-state index in [0.29, 0.717) is 34.3 Å². The molecule has 230 valence electrons. The van der Waals surface area contributed by atoms with Crippen LogP contribution in [-0.4, -0.2) is 32.1 Å². The van der Waals surface area contributed by atoms with E-state index in [1.807, 2.05) is 42.5 Å². The highest BCUT2D eigenvalue weighted by molar-refractivity contribution is 6.40. The number of ether oxygens (including phenoxy) is 4. The van der Waals surface area contributed by atoms with Crippen molar-refractivity contribution < 1.29 is 33.3 Å². The first-order valence-electron chi connectivity index (χ1n) is 13.7. The third kappa shape index (κ3) is 7.06. The maximum absolute atomic E-state index is 13.4. The van der Waals surface area contributed by atoms with E-state index < -0.39 is 17.8 Å². The Morgan fingerprint density at radius 2 is 1.51 bits per heavy atom. The predicted molar refractivity (Wildman–Crippen MR) is 171 cm³/mol. The number of urea groups is 1. The molecule has 11 heteroatoms. The fraction of sp³-hybridized carbons (Fsp3) is 0.147. The first-order chi connectivity index (χ1) is 21.7. The van der Waals surface area contributed by atoms with Gasteiger partial charge in [-0.25, -0.2) is 9.69 Å². The number of aryl methyl sites for hydroxylation is 1. The van der Waals surface area contributed by atoms with Crippen molar-refractivity contribution >= 4 is 52.8 Å². The highest BCUT2D eigenvalue weighted by atomic mass is 35.5. The molecule has 1 saturated heterocycles. The van der Waals surface area contributed by atoms with Gasteiger partial charge >= 0.3 is 6.03 Å². The maximum atomic E-state index is 13.4. The van der Waals surface area contributed by atoms with Gasteiger partial charge in [-0.3, -0.25) is 14.9 Å². The first-order valence-corrected chi connectivity index (χ1v) is 14.5. The van der Waals surface area contributed by atoms with Crippen LogP contribution in [0.4, 0.5) is 10.5 Å². The van der Waals surface area contributed by atoms with E-state index >= 15 is 0 Å². The number of benzene rings is 4. The van der Waals surface area contributed by atoms with Crippen LogP contribution >= 0.6 is 23.2 Å². The van der Waals surface area contributed by atoms with Gasteiger partial charge in [-0.05, 0) is 71.7 Å². The van der Waals surface area contributed by atoms with Crippen molar-refractivity contribution in [3.05, 3.63) is 117 Å². The van der Waals surface area contributed by atoms with Crippen LogP contribution in [-0.2, 0) is 22.8 Å². The minimum Gasteiger partial charge on any atom is -0.493 e. The Labute approximate surface area is 269 Å². The van der Waals surface area contributed by atoms with E-state index in [1.165, 1.54) is 25.3 Å². The summed E-state index contributed by atoms with van der Waals surface area (Å²) in [6.45, 7) is 2.24. The van der Waals surface area contributed by atoms with Gasteiger partial charge in [0, 0.05) is 5.02 Å². The number of imide groups is 2. The fourth-order valence-corrected chi connectivity index (χ4v) is 5.08. The maximum Gasteiger partial charge on any atom is 0.335 e. The lowest BCUT2D eigenvalue weighted by molar-refractivity contribution is -0.122. The molecule has 1 fully saturated rings. The zero-order chi connectivity index (χ0) is 32.1. The Bertz CT molecular complexity index is 1810. The van der Waals surface area contributed by atoms with Crippen LogP contribution < -0.4 is 29.2 Å². The minimum absolute atomic E-state index is 0.128. The standard InChI is InChI=1S/C34H28Cl2N2O7/c1-20-9-11-24(35)17-27(20)38-33(40)25(32(39)37-34(38)41)13-23-14-26(36)31(30(16-23)43-3)45-19-22-10-12-28(29(15-22)42-2)44-18-21-7-5-4-6-8-21/h4-17H,18-19H2,1-3H3,(H,37,39,41)/b25-13+. The molecule has 0 unspecified atom stereocenters. The molecule has 0 radical (unpaired) electrons. The Hall–Kier alpha value is -4.99.